The first-order valence-corrected chi connectivity index (χ1v) is 6.49. The summed E-state index contributed by atoms with van der Waals surface area (Å²) in [5.74, 6) is -0.871. The van der Waals surface area contributed by atoms with Gasteiger partial charge in [0.2, 0.25) is 5.91 Å². The van der Waals surface area contributed by atoms with Crippen LogP contribution < -0.4 is 5.32 Å². The van der Waals surface area contributed by atoms with Gasteiger partial charge >= 0.3 is 5.97 Å². The molecule has 2 N–H and O–H groups in total. The molecule has 5 nitrogen and oxygen atoms in total. The van der Waals surface area contributed by atoms with Crippen LogP contribution in [-0.2, 0) is 16.0 Å². The van der Waals surface area contributed by atoms with E-state index in [0.717, 1.165) is 12.0 Å². The first-order valence-electron chi connectivity index (χ1n) is 6.49. The molecular formula is C14H20N2O3. The number of hydrogen-bond donors (Lipinski definition) is 2. The average Bonchev–Trinajstić information content (AvgIpc) is 2.42. The van der Waals surface area contributed by atoms with Gasteiger partial charge in [-0.05, 0) is 24.0 Å². The van der Waals surface area contributed by atoms with Crippen molar-refractivity contribution in [1.82, 2.24) is 10.3 Å². The molecule has 0 radical (unpaired) electrons. The van der Waals surface area contributed by atoms with Gasteiger partial charge in [0.15, 0.2) is 0 Å². The minimum Gasteiger partial charge on any atom is -0.481 e. The third-order valence-corrected chi connectivity index (χ3v) is 2.99. The van der Waals surface area contributed by atoms with Crippen LogP contribution in [0, 0.1) is 5.92 Å². The highest BCUT2D eigenvalue weighted by atomic mass is 16.4. The van der Waals surface area contributed by atoms with Crippen LogP contribution in [0.3, 0.4) is 0 Å². The van der Waals surface area contributed by atoms with E-state index in [4.69, 9.17) is 5.11 Å². The number of carbonyl (C=O) groups is 2. The van der Waals surface area contributed by atoms with Crippen molar-refractivity contribution in [2.24, 2.45) is 5.92 Å². The molecule has 1 atom stereocenters. The maximum Gasteiger partial charge on any atom is 0.303 e. The second-order valence-electron chi connectivity index (χ2n) is 4.54. The maximum absolute atomic E-state index is 11.6. The van der Waals surface area contributed by atoms with E-state index in [1.54, 1.807) is 12.4 Å². The smallest absolute Gasteiger partial charge is 0.303 e. The number of aryl methyl sites for hydroxylation is 1. The Bertz CT molecular complexity index is 406. The van der Waals surface area contributed by atoms with Gasteiger partial charge in [-0.25, -0.2) is 0 Å². The van der Waals surface area contributed by atoms with Gasteiger partial charge in [0.1, 0.15) is 0 Å². The zero-order chi connectivity index (χ0) is 14.1. The Kier molecular flexibility index (Phi) is 6.57. The van der Waals surface area contributed by atoms with Gasteiger partial charge in [-0.15, -0.1) is 0 Å². The molecule has 1 aromatic rings. The van der Waals surface area contributed by atoms with Crippen molar-refractivity contribution in [1.29, 1.82) is 0 Å². The fourth-order valence-corrected chi connectivity index (χ4v) is 1.76. The van der Waals surface area contributed by atoms with Crippen molar-refractivity contribution in [2.45, 2.75) is 32.6 Å². The van der Waals surface area contributed by atoms with E-state index in [2.05, 4.69) is 10.3 Å². The molecule has 0 fully saturated rings. The summed E-state index contributed by atoms with van der Waals surface area (Å²) in [7, 11) is 0. The lowest BCUT2D eigenvalue weighted by atomic mass is 10.0. The molecular weight excluding hydrogens is 244 g/mol. The number of nitrogens with zero attached hydrogens (tertiary/aromatic N) is 1. The zero-order valence-corrected chi connectivity index (χ0v) is 11.1. The van der Waals surface area contributed by atoms with Crippen molar-refractivity contribution >= 4 is 11.9 Å². The Balaban J connectivity index is 2.25. The van der Waals surface area contributed by atoms with Crippen molar-refractivity contribution in [3.63, 3.8) is 0 Å². The van der Waals surface area contributed by atoms with Crippen LogP contribution in [0.5, 0.6) is 0 Å². The molecule has 0 saturated carbocycles. The molecule has 0 aliphatic heterocycles. The highest BCUT2D eigenvalue weighted by Gasteiger charge is 2.12. The Morgan fingerprint density at radius 3 is 2.84 bits per heavy atom. The van der Waals surface area contributed by atoms with Crippen LogP contribution in [0.25, 0.3) is 0 Å². The summed E-state index contributed by atoms with van der Waals surface area (Å²) in [4.78, 5) is 26.2. The lowest BCUT2D eigenvalue weighted by Gasteiger charge is -2.13. The van der Waals surface area contributed by atoms with Crippen LogP contribution in [0.2, 0.25) is 0 Å². The van der Waals surface area contributed by atoms with Crippen LogP contribution >= 0.6 is 0 Å². The normalized spacial score (nSPS) is 11.8. The monoisotopic (exact) mass is 264 g/mol. The van der Waals surface area contributed by atoms with Crippen LogP contribution in [0.1, 0.15) is 31.7 Å². The van der Waals surface area contributed by atoms with Gasteiger partial charge in [-0.2, -0.15) is 0 Å². The van der Waals surface area contributed by atoms with E-state index in [-0.39, 0.29) is 18.2 Å². The zero-order valence-electron chi connectivity index (χ0n) is 11.1. The molecule has 0 aliphatic rings. The topological polar surface area (TPSA) is 79.3 Å². The molecule has 0 spiro atoms. The van der Waals surface area contributed by atoms with E-state index >= 15 is 0 Å². The highest BCUT2D eigenvalue weighted by Crippen LogP contribution is 2.07. The quantitative estimate of drug-likeness (QED) is 0.748. The minimum absolute atomic E-state index is 0.000146. The number of nitrogens with one attached hydrogen (secondary N) is 1. The van der Waals surface area contributed by atoms with E-state index < -0.39 is 5.97 Å². The van der Waals surface area contributed by atoms with Gasteiger partial charge < -0.3 is 10.4 Å². The average molecular weight is 264 g/mol. The fraction of sp³-hybridized carbons (Fsp3) is 0.500. The molecule has 19 heavy (non-hydrogen) atoms. The lowest BCUT2D eigenvalue weighted by molar-refractivity contribution is -0.138. The van der Waals surface area contributed by atoms with E-state index in [1.165, 1.54) is 0 Å². The molecule has 104 valence electrons. The number of carbonyl (C=O) groups excluding carboxylic acids is 1. The van der Waals surface area contributed by atoms with E-state index in [9.17, 15) is 9.59 Å². The summed E-state index contributed by atoms with van der Waals surface area (Å²) < 4.78 is 0. The first-order chi connectivity index (χ1) is 9.11. The standard InChI is InChI=1S/C14H20N2O3/c1-2-11(8-14(18)19)10-16-13(17)6-5-12-4-3-7-15-9-12/h3-4,7,9,11H,2,5-6,8,10H2,1H3,(H,16,17)(H,18,19). The number of amides is 1. The molecule has 0 bridgehead atoms. The lowest BCUT2D eigenvalue weighted by Crippen LogP contribution is -2.30. The number of aromatic nitrogens is 1. The van der Waals surface area contributed by atoms with Crippen molar-refractivity contribution in [3.05, 3.63) is 30.1 Å². The Morgan fingerprint density at radius 2 is 2.26 bits per heavy atom. The second kappa shape index (κ2) is 8.24. The Morgan fingerprint density at radius 1 is 1.47 bits per heavy atom. The molecule has 1 unspecified atom stereocenters. The summed E-state index contributed by atoms with van der Waals surface area (Å²) in [5.41, 5.74) is 1.02. The van der Waals surface area contributed by atoms with Crippen molar-refractivity contribution < 1.29 is 14.7 Å². The van der Waals surface area contributed by atoms with Gasteiger partial charge in [0, 0.05) is 31.8 Å². The third kappa shape index (κ3) is 6.55. The molecule has 1 heterocycles. The molecule has 1 rings (SSSR count). The van der Waals surface area contributed by atoms with Crippen LogP contribution in [-0.4, -0.2) is 28.5 Å². The molecule has 0 saturated heterocycles. The number of carboxylic acids is 1. The number of rotatable bonds is 8. The van der Waals surface area contributed by atoms with Crippen molar-refractivity contribution in [3.8, 4) is 0 Å². The van der Waals surface area contributed by atoms with Crippen LogP contribution in [0.4, 0.5) is 0 Å². The number of aliphatic carboxylic acids is 1. The number of hydrogen-bond acceptors (Lipinski definition) is 3. The third-order valence-electron chi connectivity index (χ3n) is 2.99. The summed E-state index contributed by atoms with van der Waals surface area (Å²) >= 11 is 0. The molecule has 0 aromatic carbocycles. The van der Waals surface area contributed by atoms with E-state index in [1.807, 2.05) is 19.1 Å². The largest absolute Gasteiger partial charge is 0.481 e. The van der Waals surface area contributed by atoms with Gasteiger partial charge in [-0.3, -0.25) is 14.6 Å². The minimum atomic E-state index is -0.823. The fourth-order valence-electron chi connectivity index (χ4n) is 1.76. The molecule has 5 heteroatoms. The summed E-state index contributed by atoms with van der Waals surface area (Å²) in [6.45, 7) is 2.35. The molecule has 0 aliphatic carbocycles. The molecule has 1 aromatic heterocycles. The van der Waals surface area contributed by atoms with Gasteiger partial charge in [-0.1, -0.05) is 19.4 Å². The summed E-state index contributed by atoms with van der Waals surface area (Å²) in [6, 6.07) is 3.77. The predicted molar refractivity (Wildman–Crippen MR) is 71.6 cm³/mol. The van der Waals surface area contributed by atoms with Gasteiger partial charge in [0.25, 0.3) is 0 Å². The second-order valence-corrected chi connectivity index (χ2v) is 4.54. The van der Waals surface area contributed by atoms with Gasteiger partial charge in [0.05, 0.1) is 0 Å². The highest BCUT2D eigenvalue weighted by molar-refractivity contribution is 5.76. The van der Waals surface area contributed by atoms with E-state index in [0.29, 0.717) is 19.4 Å². The predicted octanol–water partition coefficient (Wildman–Crippen LogP) is 1.63. The summed E-state index contributed by atoms with van der Waals surface area (Å²) in [6.07, 6.45) is 5.33. The SMILES string of the molecule is CCC(CNC(=O)CCc1cccnc1)CC(=O)O. The Labute approximate surface area is 113 Å². The molecule has 1 amide bonds. The summed E-state index contributed by atoms with van der Waals surface area (Å²) in [5, 5.41) is 11.5. The van der Waals surface area contributed by atoms with Crippen LogP contribution in [0.15, 0.2) is 24.5 Å². The Hall–Kier alpha value is -1.91. The van der Waals surface area contributed by atoms with Crippen molar-refractivity contribution in [2.75, 3.05) is 6.54 Å². The number of carboxylic acid groups (broad SMARTS) is 1. The number of pyridine rings is 1. The maximum atomic E-state index is 11.6. The first kappa shape index (κ1) is 15.1.